The summed E-state index contributed by atoms with van der Waals surface area (Å²) in [6.07, 6.45) is 0. The molecule has 0 bridgehead atoms. The van der Waals surface area contributed by atoms with Crippen LogP contribution in [0.5, 0.6) is 11.5 Å². The molecule has 23 heavy (non-hydrogen) atoms. The lowest BCUT2D eigenvalue weighted by molar-refractivity contribution is -0.168. The van der Waals surface area contributed by atoms with E-state index in [9.17, 15) is 10.2 Å². The largest absolute Gasteiger partial charge is 0.508 e. The van der Waals surface area contributed by atoms with Crippen molar-refractivity contribution in [3.63, 3.8) is 0 Å². The fourth-order valence-electron chi connectivity index (χ4n) is 2.75. The van der Waals surface area contributed by atoms with Crippen molar-refractivity contribution in [1.29, 1.82) is 0 Å². The molecule has 1 heterocycles. The van der Waals surface area contributed by atoms with E-state index in [0.29, 0.717) is 0 Å². The van der Waals surface area contributed by atoms with Crippen molar-refractivity contribution in [2.75, 3.05) is 0 Å². The van der Waals surface area contributed by atoms with E-state index in [0.717, 1.165) is 11.1 Å². The van der Waals surface area contributed by atoms with Gasteiger partial charge in [0.25, 0.3) is 0 Å². The van der Waals surface area contributed by atoms with E-state index in [4.69, 9.17) is 9.47 Å². The van der Waals surface area contributed by atoms with Gasteiger partial charge in [0, 0.05) is 11.1 Å². The first kappa shape index (κ1) is 15.8. The molecule has 2 N–H and O–H groups in total. The highest BCUT2D eigenvalue weighted by Crippen LogP contribution is 2.52. The van der Waals surface area contributed by atoms with Gasteiger partial charge in [-0.1, -0.05) is 0 Å². The molecule has 0 radical (unpaired) electrons. The number of benzene rings is 2. The Morgan fingerprint density at radius 2 is 0.913 bits per heavy atom. The van der Waals surface area contributed by atoms with Crippen LogP contribution in [0.25, 0.3) is 0 Å². The van der Waals surface area contributed by atoms with E-state index < -0.39 is 17.0 Å². The van der Waals surface area contributed by atoms with E-state index in [-0.39, 0.29) is 11.5 Å². The van der Waals surface area contributed by atoms with Gasteiger partial charge in [0.15, 0.2) is 0 Å². The van der Waals surface area contributed by atoms with E-state index >= 15 is 0 Å². The Morgan fingerprint density at radius 3 is 1.22 bits per heavy atom. The van der Waals surface area contributed by atoms with Crippen molar-refractivity contribution in [3.8, 4) is 11.5 Å². The molecule has 1 aliphatic heterocycles. The standard InChI is InChI=1S/C19H22O4/c1-17(2)18(3,4)23-19(22-17,13-5-9-15(20)10-6-13)14-7-11-16(21)12-8-14/h5-12,20-21H,1-4H3. The number of hydrogen-bond acceptors (Lipinski definition) is 4. The van der Waals surface area contributed by atoms with E-state index in [1.54, 1.807) is 48.5 Å². The zero-order valence-corrected chi connectivity index (χ0v) is 13.8. The van der Waals surface area contributed by atoms with Gasteiger partial charge >= 0.3 is 0 Å². The highest BCUT2D eigenvalue weighted by molar-refractivity contribution is 5.40. The third kappa shape index (κ3) is 2.48. The Labute approximate surface area is 136 Å². The maximum atomic E-state index is 9.58. The minimum absolute atomic E-state index is 0.186. The predicted octanol–water partition coefficient (Wildman–Crippen LogP) is 3.90. The second-order valence-electron chi connectivity index (χ2n) is 6.94. The summed E-state index contributed by atoms with van der Waals surface area (Å²) >= 11 is 0. The van der Waals surface area contributed by atoms with Gasteiger partial charge in [-0.05, 0) is 76.2 Å². The van der Waals surface area contributed by atoms with Crippen LogP contribution in [0.1, 0.15) is 38.8 Å². The summed E-state index contributed by atoms with van der Waals surface area (Å²) in [4.78, 5) is 0. The molecular weight excluding hydrogens is 292 g/mol. The van der Waals surface area contributed by atoms with Crippen molar-refractivity contribution in [2.24, 2.45) is 0 Å². The van der Waals surface area contributed by atoms with Crippen molar-refractivity contribution in [2.45, 2.75) is 44.7 Å². The van der Waals surface area contributed by atoms with Gasteiger partial charge in [0.1, 0.15) is 11.5 Å². The third-order valence-electron chi connectivity index (χ3n) is 4.74. The van der Waals surface area contributed by atoms with Crippen molar-refractivity contribution in [1.82, 2.24) is 0 Å². The highest BCUT2D eigenvalue weighted by atomic mass is 16.8. The minimum Gasteiger partial charge on any atom is -0.508 e. The Kier molecular flexibility index (Phi) is 3.43. The van der Waals surface area contributed by atoms with Gasteiger partial charge in [0.05, 0.1) is 11.2 Å². The van der Waals surface area contributed by atoms with Gasteiger partial charge in [-0.15, -0.1) is 0 Å². The SMILES string of the molecule is CC1(C)OC(c2ccc(O)cc2)(c2ccc(O)cc2)OC1(C)C. The number of aromatic hydroxyl groups is 2. The van der Waals surface area contributed by atoms with Gasteiger partial charge in [-0.2, -0.15) is 0 Å². The molecule has 122 valence electrons. The number of phenolic OH excluding ortho intramolecular Hbond substituents is 2. The third-order valence-corrected chi connectivity index (χ3v) is 4.74. The Bertz CT molecular complexity index is 636. The summed E-state index contributed by atoms with van der Waals surface area (Å²) in [6.45, 7) is 7.98. The summed E-state index contributed by atoms with van der Waals surface area (Å²) in [5, 5.41) is 19.2. The van der Waals surface area contributed by atoms with Gasteiger partial charge in [0.2, 0.25) is 5.79 Å². The quantitative estimate of drug-likeness (QED) is 0.882. The van der Waals surface area contributed by atoms with Crippen molar-refractivity contribution in [3.05, 3.63) is 59.7 Å². The van der Waals surface area contributed by atoms with E-state index in [1.165, 1.54) is 0 Å². The molecule has 1 aliphatic rings. The van der Waals surface area contributed by atoms with Crippen molar-refractivity contribution < 1.29 is 19.7 Å². The first-order valence-corrected chi connectivity index (χ1v) is 7.66. The average Bonchev–Trinajstić information content (AvgIpc) is 2.66. The molecule has 2 aromatic rings. The van der Waals surface area contributed by atoms with Crippen LogP contribution in [0.15, 0.2) is 48.5 Å². The molecule has 0 atom stereocenters. The molecule has 4 heteroatoms. The van der Waals surface area contributed by atoms with Crippen LogP contribution in [0.4, 0.5) is 0 Å². The number of ether oxygens (including phenoxy) is 2. The number of rotatable bonds is 2. The average molecular weight is 314 g/mol. The van der Waals surface area contributed by atoms with Crippen LogP contribution >= 0.6 is 0 Å². The minimum atomic E-state index is -1.09. The van der Waals surface area contributed by atoms with Gasteiger partial charge in [-0.25, -0.2) is 0 Å². The zero-order chi connectivity index (χ0) is 16.9. The van der Waals surface area contributed by atoms with Gasteiger partial charge < -0.3 is 19.7 Å². The Morgan fingerprint density at radius 1 is 0.609 bits per heavy atom. The second kappa shape index (κ2) is 4.98. The topological polar surface area (TPSA) is 58.9 Å². The maximum absolute atomic E-state index is 9.58. The second-order valence-corrected chi connectivity index (χ2v) is 6.94. The summed E-state index contributed by atoms with van der Waals surface area (Å²) in [5.41, 5.74) is 0.533. The highest BCUT2D eigenvalue weighted by Gasteiger charge is 2.58. The number of hydrogen-bond donors (Lipinski definition) is 2. The van der Waals surface area contributed by atoms with Crippen LogP contribution < -0.4 is 0 Å². The summed E-state index contributed by atoms with van der Waals surface area (Å²) in [7, 11) is 0. The maximum Gasteiger partial charge on any atom is 0.223 e. The first-order chi connectivity index (χ1) is 10.7. The molecule has 0 aromatic heterocycles. The Hall–Kier alpha value is -2.04. The molecule has 4 nitrogen and oxygen atoms in total. The van der Waals surface area contributed by atoms with Gasteiger partial charge in [-0.3, -0.25) is 0 Å². The molecule has 0 saturated carbocycles. The summed E-state index contributed by atoms with van der Waals surface area (Å²) in [6, 6.07) is 13.6. The molecule has 0 aliphatic carbocycles. The molecule has 0 amide bonds. The monoisotopic (exact) mass is 314 g/mol. The lowest BCUT2D eigenvalue weighted by atomic mass is 9.90. The van der Waals surface area contributed by atoms with Crippen LogP contribution in [0.2, 0.25) is 0 Å². The summed E-state index contributed by atoms with van der Waals surface area (Å²) in [5.74, 6) is -0.716. The molecule has 3 rings (SSSR count). The van der Waals surface area contributed by atoms with Crippen LogP contribution in [-0.2, 0) is 15.3 Å². The molecule has 0 spiro atoms. The smallest absolute Gasteiger partial charge is 0.223 e. The molecule has 2 aromatic carbocycles. The Balaban J connectivity index is 2.19. The zero-order valence-electron chi connectivity index (χ0n) is 13.8. The van der Waals surface area contributed by atoms with E-state index in [2.05, 4.69) is 0 Å². The van der Waals surface area contributed by atoms with Crippen LogP contribution in [0, 0.1) is 0 Å². The predicted molar refractivity (Wildman–Crippen MR) is 87.3 cm³/mol. The van der Waals surface area contributed by atoms with Crippen LogP contribution in [0.3, 0.4) is 0 Å². The fraction of sp³-hybridized carbons (Fsp3) is 0.368. The lowest BCUT2D eigenvalue weighted by Gasteiger charge is -2.30. The molecular formula is C19H22O4. The molecule has 1 fully saturated rings. The fourth-order valence-corrected chi connectivity index (χ4v) is 2.75. The summed E-state index contributed by atoms with van der Waals surface area (Å²) < 4.78 is 12.8. The van der Waals surface area contributed by atoms with Crippen molar-refractivity contribution >= 4 is 0 Å². The number of phenols is 2. The molecule has 1 saturated heterocycles. The normalized spacial score (nSPS) is 21.2. The van der Waals surface area contributed by atoms with Crippen LogP contribution in [-0.4, -0.2) is 21.4 Å². The van der Waals surface area contributed by atoms with E-state index in [1.807, 2.05) is 27.7 Å². The lowest BCUT2D eigenvalue weighted by Crippen LogP contribution is -2.41. The molecule has 0 unspecified atom stereocenters. The first-order valence-electron chi connectivity index (χ1n) is 7.66.